The van der Waals surface area contributed by atoms with E-state index in [0.717, 1.165) is 28.9 Å². The summed E-state index contributed by atoms with van der Waals surface area (Å²) >= 11 is 0. The van der Waals surface area contributed by atoms with Gasteiger partial charge in [-0.15, -0.1) is 0 Å². The van der Waals surface area contributed by atoms with Crippen molar-refractivity contribution in [3.05, 3.63) is 71.4 Å². The van der Waals surface area contributed by atoms with Crippen LogP contribution in [0.3, 0.4) is 0 Å². The van der Waals surface area contributed by atoms with Crippen molar-refractivity contribution in [1.29, 1.82) is 0 Å². The van der Waals surface area contributed by atoms with Gasteiger partial charge < -0.3 is 15.5 Å². The van der Waals surface area contributed by atoms with E-state index < -0.39 is 0 Å². The summed E-state index contributed by atoms with van der Waals surface area (Å²) in [6, 6.07) is 17.1. The maximum atomic E-state index is 13.1. The molecule has 0 saturated carbocycles. The molecule has 0 saturated heterocycles. The Balaban J connectivity index is 1.80. The van der Waals surface area contributed by atoms with Crippen LogP contribution >= 0.6 is 0 Å². The lowest BCUT2D eigenvalue weighted by Crippen LogP contribution is -2.44. The van der Waals surface area contributed by atoms with Gasteiger partial charge in [-0.3, -0.25) is 4.79 Å². The Labute approximate surface area is 208 Å². The zero-order chi connectivity index (χ0) is 25.8. The number of hydrogen-bond acceptors (Lipinski definition) is 3. The molecule has 7 heteroatoms. The molecule has 186 valence electrons. The molecule has 1 aromatic heterocycles. The minimum Gasteiger partial charge on any atom is -0.313 e. The molecule has 3 rings (SSSR count). The predicted octanol–water partition coefficient (Wildman–Crippen LogP) is 5.92. The molecule has 2 aromatic carbocycles. The van der Waals surface area contributed by atoms with Crippen LogP contribution in [0.2, 0.25) is 0 Å². The number of rotatable bonds is 7. The summed E-state index contributed by atoms with van der Waals surface area (Å²) in [7, 11) is 0. The van der Waals surface area contributed by atoms with Crippen LogP contribution < -0.4 is 10.6 Å². The molecule has 0 unspecified atom stereocenters. The van der Waals surface area contributed by atoms with Gasteiger partial charge in [0.2, 0.25) is 5.91 Å². The zero-order valence-corrected chi connectivity index (χ0v) is 21.8. The van der Waals surface area contributed by atoms with Crippen molar-refractivity contribution in [1.82, 2.24) is 14.7 Å². The van der Waals surface area contributed by atoms with Gasteiger partial charge in [0.1, 0.15) is 12.4 Å². The first-order valence-corrected chi connectivity index (χ1v) is 12.1. The van der Waals surface area contributed by atoms with Crippen molar-refractivity contribution in [2.45, 2.75) is 66.3 Å². The van der Waals surface area contributed by atoms with Crippen molar-refractivity contribution in [2.75, 3.05) is 17.2 Å². The Morgan fingerprint density at radius 1 is 1.03 bits per heavy atom. The van der Waals surface area contributed by atoms with Gasteiger partial charge in [0.25, 0.3) is 0 Å². The lowest BCUT2D eigenvalue weighted by Gasteiger charge is -2.26. The highest BCUT2D eigenvalue weighted by atomic mass is 16.2. The number of nitrogens with zero attached hydrogens (tertiary/aromatic N) is 3. The minimum atomic E-state index is -0.314. The zero-order valence-electron chi connectivity index (χ0n) is 21.8. The summed E-state index contributed by atoms with van der Waals surface area (Å²) in [6.07, 6.45) is 0.880. The second-order valence-electron chi connectivity index (χ2n) is 10.2. The number of urea groups is 1. The molecule has 0 aliphatic rings. The monoisotopic (exact) mass is 475 g/mol. The Kier molecular flexibility index (Phi) is 7.99. The maximum Gasteiger partial charge on any atom is 0.322 e. The molecular formula is C28H37N5O2. The first-order chi connectivity index (χ1) is 16.5. The van der Waals surface area contributed by atoms with Crippen molar-refractivity contribution in [3.63, 3.8) is 0 Å². The SMILES string of the molecule is CCc1cccc(NC(=O)N(CC(=O)Nc2cc(C(C)(C)C)nn2-c2ccc(C)cc2)C(C)C)c1. The summed E-state index contributed by atoms with van der Waals surface area (Å²) in [5.41, 5.74) is 4.53. The number of aryl methyl sites for hydroxylation is 2. The smallest absolute Gasteiger partial charge is 0.313 e. The maximum absolute atomic E-state index is 13.1. The number of aromatic nitrogens is 2. The summed E-state index contributed by atoms with van der Waals surface area (Å²) in [4.78, 5) is 27.6. The average Bonchev–Trinajstić information content (AvgIpc) is 3.22. The lowest BCUT2D eigenvalue weighted by molar-refractivity contribution is -0.117. The van der Waals surface area contributed by atoms with Gasteiger partial charge in [-0.25, -0.2) is 9.48 Å². The predicted molar refractivity (Wildman–Crippen MR) is 142 cm³/mol. The van der Waals surface area contributed by atoms with Gasteiger partial charge in [-0.05, 0) is 57.0 Å². The van der Waals surface area contributed by atoms with E-state index in [4.69, 9.17) is 5.10 Å². The number of carbonyl (C=O) groups excluding carboxylic acids is 2. The Hall–Kier alpha value is -3.61. The van der Waals surface area contributed by atoms with Gasteiger partial charge in [-0.1, -0.05) is 57.5 Å². The van der Waals surface area contributed by atoms with Crippen LogP contribution in [0.4, 0.5) is 16.3 Å². The molecule has 0 bridgehead atoms. The van der Waals surface area contributed by atoms with Gasteiger partial charge >= 0.3 is 6.03 Å². The minimum absolute atomic E-state index is 0.0824. The summed E-state index contributed by atoms with van der Waals surface area (Å²) < 4.78 is 1.74. The number of benzene rings is 2. The van der Waals surface area contributed by atoms with Gasteiger partial charge in [0.05, 0.1) is 11.4 Å². The standard InChI is InChI=1S/C28H37N5O2/c1-8-21-10-9-11-22(16-21)29-27(35)32(19(2)3)18-26(34)30-25-17-24(28(5,6)7)31-33(25)23-14-12-20(4)13-15-23/h9-17,19H,8,18H2,1-7H3,(H,29,35)(H,30,34). The van der Waals surface area contributed by atoms with E-state index in [1.165, 1.54) is 4.90 Å². The molecule has 0 aliphatic heterocycles. The van der Waals surface area contributed by atoms with Crippen LogP contribution in [0, 0.1) is 6.92 Å². The van der Waals surface area contributed by atoms with E-state index in [1.807, 2.05) is 75.4 Å². The van der Waals surface area contributed by atoms with Gasteiger partial charge in [0.15, 0.2) is 0 Å². The molecule has 35 heavy (non-hydrogen) atoms. The molecule has 3 aromatic rings. The van der Waals surface area contributed by atoms with Crippen LogP contribution in [-0.4, -0.2) is 39.2 Å². The molecular weight excluding hydrogens is 438 g/mol. The molecule has 0 spiro atoms. The third kappa shape index (κ3) is 6.72. The molecule has 0 fully saturated rings. The van der Waals surface area contributed by atoms with Crippen LogP contribution in [0.1, 0.15) is 58.4 Å². The van der Waals surface area contributed by atoms with Crippen LogP contribution in [0.25, 0.3) is 5.69 Å². The number of carbonyl (C=O) groups is 2. The first-order valence-electron chi connectivity index (χ1n) is 12.1. The molecule has 0 radical (unpaired) electrons. The van der Waals surface area contributed by atoms with Crippen LogP contribution in [0.15, 0.2) is 54.6 Å². The van der Waals surface area contributed by atoms with E-state index in [1.54, 1.807) is 4.68 Å². The average molecular weight is 476 g/mol. The number of nitrogens with one attached hydrogen (secondary N) is 2. The van der Waals surface area contributed by atoms with E-state index in [2.05, 4.69) is 38.3 Å². The molecule has 1 heterocycles. The quantitative estimate of drug-likeness (QED) is 0.445. The van der Waals surface area contributed by atoms with Crippen molar-refractivity contribution < 1.29 is 9.59 Å². The van der Waals surface area contributed by atoms with E-state index in [9.17, 15) is 9.59 Å². The van der Waals surface area contributed by atoms with E-state index in [0.29, 0.717) is 11.5 Å². The highest BCUT2D eigenvalue weighted by Gasteiger charge is 2.24. The Morgan fingerprint density at radius 2 is 1.71 bits per heavy atom. The first kappa shape index (κ1) is 26.0. The van der Waals surface area contributed by atoms with Gasteiger partial charge in [-0.2, -0.15) is 5.10 Å². The van der Waals surface area contributed by atoms with E-state index in [-0.39, 0.29) is 29.9 Å². The highest BCUT2D eigenvalue weighted by molar-refractivity contribution is 5.97. The van der Waals surface area contributed by atoms with Crippen molar-refractivity contribution in [3.8, 4) is 5.69 Å². The highest BCUT2D eigenvalue weighted by Crippen LogP contribution is 2.26. The summed E-state index contributed by atoms with van der Waals surface area (Å²) in [5, 5.41) is 10.7. The molecule has 3 amide bonds. The molecule has 2 N–H and O–H groups in total. The number of anilines is 2. The normalized spacial score (nSPS) is 11.4. The fourth-order valence-corrected chi connectivity index (χ4v) is 3.61. The fourth-order valence-electron chi connectivity index (χ4n) is 3.61. The van der Waals surface area contributed by atoms with Crippen LogP contribution in [0.5, 0.6) is 0 Å². The second-order valence-corrected chi connectivity index (χ2v) is 10.2. The topological polar surface area (TPSA) is 79.3 Å². The molecule has 7 nitrogen and oxygen atoms in total. The second kappa shape index (κ2) is 10.8. The number of amides is 3. The van der Waals surface area contributed by atoms with Crippen LogP contribution in [-0.2, 0) is 16.6 Å². The third-order valence-corrected chi connectivity index (χ3v) is 5.81. The number of hydrogen-bond donors (Lipinski definition) is 2. The molecule has 0 aliphatic carbocycles. The largest absolute Gasteiger partial charge is 0.322 e. The molecule has 0 atom stereocenters. The van der Waals surface area contributed by atoms with Crippen molar-refractivity contribution in [2.24, 2.45) is 0 Å². The summed E-state index contributed by atoms with van der Waals surface area (Å²) in [5.74, 6) is 0.286. The Bertz CT molecular complexity index is 1170. The van der Waals surface area contributed by atoms with Gasteiger partial charge in [0, 0.05) is 23.2 Å². The van der Waals surface area contributed by atoms with E-state index >= 15 is 0 Å². The Morgan fingerprint density at radius 3 is 2.31 bits per heavy atom. The van der Waals surface area contributed by atoms with Crippen molar-refractivity contribution >= 4 is 23.4 Å². The lowest BCUT2D eigenvalue weighted by atomic mass is 9.92. The third-order valence-electron chi connectivity index (χ3n) is 5.81. The summed E-state index contributed by atoms with van der Waals surface area (Å²) in [6.45, 7) is 14.0. The fraction of sp³-hybridized carbons (Fsp3) is 0.393.